The zero-order valence-electron chi connectivity index (χ0n) is 11.8. The van der Waals surface area contributed by atoms with Crippen molar-refractivity contribution in [2.45, 2.75) is 20.0 Å². The van der Waals surface area contributed by atoms with Gasteiger partial charge in [0.1, 0.15) is 12.4 Å². The molecule has 2 N–H and O–H groups in total. The average molecular weight is 306 g/mol. The zero-order valence-corrected chi connectivity index (χ0v) is 12.7. The maximum Gasteiger partial charge on any atom is 0.251 e. The summed E-state index contributed by atoms with van der Waals surface area (Å²) in [5.74, 6) is 0.488. The molecule has 0 saturated carbocycles. The minimum Gasteiger partial charge on any atom is -0.487 e. The van der Waals surface area contributed by atoms with Crippen molar-refractivity contribution in [3.05, 3.63) is 45.9 Å². The number of aliphatic hydroxyl groups excluding tert-OH is 1. The second-order valence-corrected chi connectivity index (χ2v) is 5.32. The topological polar surface area (TPSA) is 71.5 Å². The van der Waals surface area contributed by atoms with Crippen LogP contribution in [-0.4, -0.2) is 29.1 Å². The van der Waals surface area contributed by atoms with Crippen LogP contribution < -0.4 is 10.1 Å². The highest BCUT2D eigenvalue weighted by molar-refractivity contribution is 7.09. The third kappa shape index (κ3) is 4.54. The van der Waals surface area contributed by atoms with Crippen LogP contribution in [0.15, 0.2) is 29.6 Å². The number of hydrogen-bond donors (Lipinski definition) is 2. The summed E-state index contributed by atoms with van der Waals surface area (Å²) in [5.41, 5.74) is 1.46. The first kappa shape index (κ1) is 15.5. The number of ether oxygens (including phenoxy) is 1. The maximum atomic E-state index is 11.7. The Labute approximate surface area is 127 Å². The molecule has 1 aromatic heterocycles. The van der Waals surface area contributed by atoms with Gasteiger partial charge in [-0.15, -0.1) is 11.3 Å². The van der Waals surface area contributed by atoms with Crippen LogP contribution in [0.3, 0.4) is 0 Å². The number of thiazole rings is 1. The number of hydrogen-bond acceptors (Lipinski definition) is 5. The molecule has 21 heavy (non-hydrogen) atoms. The van der Waals surface area contributed by atoms with Crippen molar-refractivity contribution in [3.8, 4) is 5.75 Å². The van der Waals surface area contributed by atoms with E-state index in [1.807, 2.05) is 5.38 Å². The first-order valence-corrected chi connectivity index (χ1v) is 7.66. The lowest BCUT2D eigenvalue weighted by Gasteiger charge is -2.06. The molecule has 0 aliphatic heterocycles. The van der Waals surface area contributed by atoms with Crippen molar-refractivity contribution in [3.63, 3.8) is 0 Å². The number of nitrogens with one attached hydrogen (secondary N) is 1. The van der Waals surface area contributed by atoms with Crippen LogP contribution in [0.25, 0.3) is 0 Å². The maximum absolute atomic E-state index is 11.7. The zero-order chi connectivity index (χ0) is 15.1. The summed E-state index contributed by atoms with van der Waals surface area (Å²) in [6, 6.07) is 6.89. The minimum atomic E-state index is -0.206. The Balaban J connectivity index is 1.88. The third-order valence-corrected chi connectivity index (χ3v) is 3.84. The summed E-state index contributed by atoms with van der Waals surface area (Å²) in [6.45, 7) is 2.68. The Hall–Kier alpha value is -1.92. The lowest BCUT2D eigenvalue weighted by molar-refractivity contribution is 0.0944. The van der Waals surface area contributed by atoms with Crippen LogP contribution in [0.4, 0.5) is 0 Å². The van der Waals surface area contributed by atoms with Crippen LogP contribution in [0.5, 0.6) is 5.75 Å². The number of nitrogens with zero attached hydrogens (tertiary/aromatic N) is 1. The molecule has 0 spiro atoms. The number of aromatic nitrogens is 1. The number of aryl methyl sites for hydroxylation is 1. The molecule has 0 fully saturated rings. The fraction of sp³-hybridized carbons (Fsp3) is 0.333. The summed E-state index contributed by atoms with van der Waals surface area (Å²) < 4.78 is 5.64. The van der Waals surface area contributed by atoms with E-state index in [4.69, 9.17) is 9.84 Å². The smallest absolute Gasteiger partial charge is 0.251 e. The van der Waals surface area contributed by atoms with E-state index in [1.54, 1.807) is 35.6 Å². The summed E-state index contributed by atoms with van der Waals surface area (Å²) in [7, 11) is 0. The molecule has 0 saturated heterocycles. The van der Waals surface area contributed by atoms with Gasteiger partial charge in [0, 0.05) is 17.5 Å². The van der Waals surface area contributed by atoms with E-state index >= 15 is 0 Å². The first-order chi connectivity index (χ1) is 10.2. The molecule has 0 aliphatic rings. The highest BCUT2D eigenvalue weighted by Gasteiger charge is 2.05. The van der Waals surface area contributed by atoms with Crippen LogP contribution in [-0.2, 0) is 13.0 Å². The number of aliphatic hydroxyl groups is 1. The molecule has 6 heteroatoms. The molecule has 0 bridgehead atoms. The van der Waals surface area contributed by atoms with Gasteiger partial charge in [-0.2, -0.15) is 0 Å². The van der Waals surface area contributed by atoms with E-state index < -0.39 is 0 Å². The van der Waals surface area contributed by atoms with Gasteiger partial charge < -0.3 is 15.2 Å². The molecule has 0 aliphatic carbocycles. The predicted octanol–water partition coefficient (Wildman–Crippen LogP) is 2.01. The van der Waals surface area contributed by atoms with E-state index in [2.05, 4.69) is 17.2 Å². The Morgan fingerprint density at radius 1 is 1.38 bits per heavy atom. The van der Waals surface area contributed by atoms with E-state index in [9.17, 15) is 4.79 Å². The Bertz CT molecular complexity index is 581. The Morgan fingerprint density at radius 3 is 2.76 bits per heavy atom. The van der Waals surface area contributed by atoms with Gasteiger partial charge in [-0.3, -0.25) is 4.79 Å². The van der Waals surface area contributed by atoms with E-state index in [-0.39, 0.29) is 19.1 Å². The van der Waals surface area contributed by atoms with Gasteiger partial charge in [-0.1, -0.05) is 6.92 Å². The molecule has 1 heterocycles. The summed E-state index contributed by atoms with van der Waals surface area (Å²) in [4.78, 5) is 16.1. The number of benzene rings is 1. The molecule has 1 aromatic carbocycles. The van der Waals surface area contributed by atoms with Gasteiger partial charge in [-0.25, -0.2) is 4.98 Å². The molecule has 0 atom stereocenters. The first-order valence-electron chi connectivity index (χ1n) is 6.78. The van der Waals surface area contributed by atoms with Crippen LogP contribution >= 0.6 is 11.3 Å². The quantitative estimate of drug-likeness (QED) is 0.821. The molecule has 112 valence electrons. The van der Waals surface area contributed by atoms with Crippen LogP contribution in [0.1, 0.15) is 28.0 Å². The molecule has 2 rings (SSSR count). The fourth-order valence-electron chi connectivity index (χ4n) is 1.71. The highest BCUT2D eigenvalue weighted by atomic mass is 32.1. The molecule has 5 nitrogen and oxygen atoms in total. The number of carbonyl (C=O) groups is 1. The molecular formula is C15H18N2O3S. The van der Waals surface area contributed by atoms with E-state index in [0.717, 1.165) is 17.1 Å². The van der Waals surface area contributed by atoms with Crippen LogP contribution in [0.2, 0.25) is 0 Å². The molecule has 2 aromatic rings. The fourth-order valence-corrected chi connectivity index (χ4v) is 2.44. The van der Waals surface area contributed by atoms with Crippen molar-refractivity contribution < 1.29 is 14.6 Å². The molecule has 0 unspecified atom stereocenters. The summed E-state index contributed by atoms with van der Waals surface area (Å²) >= 11 is 1.63. The van der Waals surface area contributed by atoms with Crippen molar-refractivity contribution in [1.82, 2.24) is 10.3 Å². The van der Waals surface area contributed by atoms with E-state index in [0.29, 0.717) is 17.9 Å². The van der Waals surface area contributed by atoms with Gasteiger partial charge >= 0.3 is 0 Å². The van der Waals surface area contributed by atoms with Gasteiger partial charge in [0.05, 0.1) is 17.3 Å². The van der Waals surface area contributed by atoms with Crippen molar-refractivity contribution in [2.24, 2.45) is 0 Å². The minimum absolute atomic E-state index is 0.0691. The summed E-state index contributed by atoms with van der Waals surface area (Å²) in [5, 5.41) is 14.4. The van der Waals surface area contributed by atoms with Gasteiger partial charge in [0.15, 0.2) is 0 Å². The van der Waals surface area contributed by atoms with E-state index in [1.165, 1.54) is 0 Å². The standard InChI is InChI=1S/C15H18N2O3S/c1-2-14-17-12(10-21-14)9-20-13-5-3-11(4-6-13)15(19)16-7-8-18/h3-6,10,18H,2,7-9H2,1H3,(H,16,19). The summed E-state index contributed by atoms with van der Waals surface area (Å²) in [6.07, 6.45) is 0.933. The monoisotopic (exact) mass is 306 g/mol. The SMILES string of the molecule is CCc1nc(COc2ccc(C(=O)NCCO)cc2)cs1. The second-order valence-electron chi connectivity index (χ2n) is 4.38. The highest BCUT2D eigenvalue weighted by Crippen LogP contribution is 2.16. The number of rotatable bonds is 7. The lowest BCUT2D eigenvalue weighted by Crippen LogP contribution is -2.26. The van der Waals surface area contributed by atoms with Gasteiger partial charge in [0.25, 0.3) is 5.91 Å². The predicted molar refractivity (Wildman–Crippen MR) is 81.7 cm³/mol. The molecule has 1 amide bonds. The van der Waals surface area contributed by atoms with Crippen LogP contribution in [0, 0.1) is 0 Å². The molecule has 0 radical (unpaired) electrons. The van der Waals surface area contributed by atoms with Crippen molar-refractivity contribution in [1.29, 1.82) is 0 Å². The Kier molecular flexibility index (Phi) is 5.71. The average Bonchev–Trinajstić information content (AvgIpc) is 2.99. The van der Waals surface area contributed by atoms with Gasteiger partial charge in [0.2, 0.25) is 0 Å². The van der Waals surface area contributed by atoms with Crippen molar-refractivity contribution >= 4 is 17.2 Å². The normalized spacial score (nSPS) is 10.4. The number of carbonyl (C=O) groups excluding carboxylic acids is 1. The molecular weight excluding hydrogens is 288 g/mol. The third-order valence-electron chi connectivity index (χ3n) is 2.80. The largest absolute Gasteiger partial charge is 0.487 e. The van der Waals surface area contributed by atoms with Gasteiger partial charge in [-0.05, 0) is 30.7 Å². The lowest BCUT2D eigenvalue weighted by atomic mass is 10.2. The number of amides is 1. The Morgan fingerprint density at radius 2 is 2.14 bits per heavy atom. The van der Waals surface area contributed by atoms with Crippen molar-refractivity contribution in [2.75, 3.05) is 13.2 Å². The second kappa shape index (κ2) is 7.75.